The normalized spacial score (nSPS) is 11.4. The summed E-state index contributed by atoms with van der Waals surface area (Å²) in [4.78, 5) is 27.1. The van der Waals surface area contributed by atoms with Crippen LogP contribution in [0.4, 0.5) is 5.82 Å². The van der Waals surface area contributed by atoms with Crippen LogP contribution in [0, 0.1) is 0 Å². The van der Waals surface area contributed by atoms with Gasteiger partial charge in [-0.25, -0.2) is 4.98 Å². The molecule has 0 saturated heterocycles. The second-order valence-corrected chi connectivity index (χ2v) is 7.48. The lowest BCUT2D eigenvalue weighted by Gasteiger charge is -2.19. The van der Waals surface area contributed by atoms with Gasteiger partial charge in [0.25, 0.3) is 0 Å². The van der Waals surface area contributed by atoms with Crippen LogP contribution in [0.5, 0.6) is 11.5 Å². The molecule has 0 saturated carbocycles. The van der Waals surface area contributed by atoms with Crippen LogP contribution < -0.4 is 10.5 Å². The maximum absolute atomic E-state index is 12.5. The molecule has 0 aliphatic carbocycles. The highest BCUT2D eigenvalue weighted by Gasteiger charge is 2.21. The highest BCUT2D eigenvalue weighted by atomic mass is 32.2. The predicted molar refractivity (Wildman–Crippen MR) is 128 cm³/mol. The van der Waals surface area contributed by atoms with Gasteiger partial charge in [0.05, 0.1) is 12.9 Å². The number of rotatable bonds is 9. The van der Waals surface area contributed by atoms with Crippen LogP contribution in [0.1, 0.15) is 25.0 Å². The number of ether oxygens (including phenoxy) is 1. The number of phenols is 1. The van der Waals surface area contributed by atoms with Crippen LogP contribution in [0.2, 0.25) is 0 Å². The summed E-state index contributed by atoms with van der Waals surface area (Å²) in [5.41, 5.74) is 9.02. The van der Waals surface area contributed by atoms with E-state index in [1.165, 1.54) is 18.9 Å². The molecule has 1 heterocycles. The third-order valence-corrected chi connectivity index (χ3v) is 5.68. The van der Waals surface area contributed by atoms with Crippen molar-refractivity contribution in [3.8, 4) is 22.6 Å². The number of pyridine rings is 1. The molecule has 2 aromatic rings. The summed E-state index contributed by atoms with van der Waals surface area (Å²) in [6, 6.07) is 5.10. The Morgan fingerprint density at radius 1 is 1.23 bits per heavy atom. The molecule has 0 aliphatic rings. The van der Waals surface area contributed by atoms with Crippen molar-refractivity contribution in [1.29, 1.82) is 0 Å². The summed E-state index contributed by atoms with van der Waals surface area (Å²) >= 11 is 1.31. The molecule has 1 aromatic carbocycles. The Morgan fingerprint density at radius 2 is 1.87 bits per heavy atom. The second kappa shape index (κ2) is 11.4. The molecule has 1 amide bonds. The van der Waals surface area contributed by atoms with Crippen molar-refractivity contribution in [3.63, 3.8) is 0 Å². The minimum atomic E-state index is 0.0000670. The lowest BCUT2D eigenvalue weighted by atomic mass is 9.96. The number of nitrogen functional groups attached to an aromatic ring is 1. The van der Waals surface area contributed by atoms with Gasteiger partial charge in [-0.05, 0) is 31.5 Å². The number of hydrogen-bond acceptors (Lipinski definition) is 8. The fourth-order valence-electron chi connectivity index (χ4n) is 3.18. The van der Waals surface area contributed by atoms with Gasteiger partial charge in [0.2, 0.25) is 5.91 Å². The van der Waals surface area contributed by atoms with E-state index in [-0.39, 0.29) is 23.2 Å². The lowest BCUT2D eigenvalue weighted by Crippen LogP contribution is -2.31. The van der Waals surface area contributed by atoms with Gasteiger partial charge in [-0.2, -0.15) is 0 Å². The smallest absolute Gasteiger partial charge is 0.232 e. The molecule has 8 nitrogen and oxygen atoms in total. The number of aromatic hydroxyl groups is 1. The monoisotopic (exact) mass is 443 g/mol. The Hall–Kier alpha value is -3.07. The molecule has 0 aliphatic heterocycles. The standard InChI is InChI=1S/C22H29N5O3S/c1-6-27(7-2)19(29)13-31-22-16(12-25-4)20(15(11-24-3)21(23)26-22)14-8-9-18(30-5)17(28)10-14/h8-12,28H,6-7,13H2,1-5H3,(H2,23,26). The van der Waals surface area contributed by atoms with Crippen molar-refractivity contribution in [2.24, 2.45) is 9.98 Å². The number of benzene rings is 1. The van der Waals surface area contributed by atoms with E-state index in [0.29, 0.717) is 40.6 Å². The number of phenolic OH excluding ortho intramolecular Hbond substituents is 1. The molecular formula is C22H29N5O3S. The molecule has 0 atom stereocenters. The maximum atomic E-state index is 12.5. The molecule has 31 heavy (non-hydrogen) atoms. The van der Waals surface area contributed by atoms with E-state index < -0.39 is 0 Å². The van der Waals surface area contributed by atoms with E-state index in [9.17, 15) is 9.90 Å². The number of anilines is 1. The van der Waals surface area contributed by atoms with Crippen molar-refractivity contribution in [2.45, 2.75) is 18.9 Å². The molecule has 0 unspecified atom stereocenters. The Kier molecular flexibility index (Phi) is 8.87. The van der Waals surface area contributed by atoms with E-state index in [1.54, 1.807) is 43.6 Å². The van der Waals surface area contributed by atoms with Gasteiger partial charge in [0.15, 0.2) is 11.5 Å². The summed E-state index contributed by atoms with van der Waals surface area (Å²) in [6.07, 6.45) is 3.31. The Morgan fingerprint density at radius 3 is 2.42 bits per heavy atom. The highest BCUT2D eigenvalue weighted by molar-refractivity contribution is 8.00. The number of carbonyl (C=O) groups excluding carboxylic acids is 1. The number of carbonyl (C=O) groups is 1. The zero-order valence-electron chi connectivity index (χ0n) is 18.5. The first-order valence-electron chi connectivity index (χ1n) is 9.87. The van der Waals surface area contributed by atoms with Crippen LogP contribution >= 0.6 is 11.8 Å². The van der Waals surface area contributed by atoms with E-state index in [4.69, 9.17) is 10.5 Å². The second-order valence-electron chi connectivity index (χ2n) is 6.52. The molecule has 2 rings (SSSR count). The Bertz CT molecular complexity index is 988. The van der Waals surface area contributed by atoms with Crippen LogP contribution in [-0.4, -0.2) is 73.4 Å². The van der Waals surface area contributed by atoms with Crippen LogP contribution in [0.25, 0.3) is 11.1 Å². The zero-order chi connectivity index (χ0) is 23.0. The summed E-state index contributed by atoms with van der Waals surface area (Å²) in [7, 11) is 4.80. The number of methoxy groups -OCH3 is 1. The summed E-state index contributed by atoms with van der Waals surface area (Å²) in [5, 5.41) is 10.9. The molecule has 0 radical (unpaired) electrons. The van der Waals surface area contributed by atoms with Crippen molar-refractivity contribution in [1.82, 2.24) is 9.88 Å². The number of thioether (sulfide) groups is 1. The average molecular weight is 444 g/mol. The van der Waals surface area contributed by atoms with Crippen LogP contribution in [-0.2, 0) is 4.79 Å². The van der Waals surface area contributed by atoms with Gasteiger partial charge < -0.3 is 20.5 Å². The number of nitrogens with two attached hydrogens (primary N) is 1. The topological polar surface area (TPSA) is 113 Å². The molecule has 9 heteroatoms. The molecule has 1 aromatic heterocycles. The van der Waals surface area contributed by atoms with Gasteiger partial charge in [0.1, 0.15) is 10.8 Å². The third kappa shape index (κ3) is 5.55. The van der Waals surface area contributed by atoms with Crippen LogP contribution in [0.3, 0.4) is 0 Å². The molecular weight excluding hydrogens is 414 g/mol. The van der Waals surface area contributed by atoms with Gasteiger partial charge in [-0.3, -0.25) is 14.8 Å². The first kappa shape index (κ1) is 24.2. The minimum Gasteiger partial charge on any atom is -0.504 e. The molecule has 0 spiro atoms. The Labute approximate surface area is 187 Å². The molecule has 0 fully saturated rings. The van der Waals surface area contributed by atoms with E-state index in [0.717, 1.165) is 5.56 Å². The maximum Gasteiger partial charge on any atom is 0.232 e. The number of aromatic nitrogens is 1. The Balaban J connectivity index is 2.66. The SMILES string of the molecule is CCN(CC)C(=O)CSc1nc(N)c(C=NC)c(-c2ccc(OC)c(O)c2)c1C=NC. The van der Waals surface area contributed by atoms with E-state index in [1.807, 2.05) is 19.9 Å². The minimum absolute atomic E-state index is 0.0000670. The largest absolute Gasteiger partial charge is 0.504 e. The summed E-state index contributed by atoms with van der Waals surface area (Å²) in [6.45, 7) is 5.20. The van der Waals surface area contributed by atoms with Crippen molar-refractivity contribution < 1.29 is 14.6 Å². The fraction of sp³-hybridized carbons (Fsp3) is 0.364. The molecule has 166 valence electrons. The highest BCUT2D eigenvalue weighted by Crippen LogP contribution is 2.38. The third-order valence-electron chi connectivity index (χ3n) is 4.70. The summed E-state index contributed by atoms with van der Waals surface area (Å²) in [5.74, 6) is 0.897. The van der Waals surface area contributed by atoms with Crippen LogP contribution in [0.15, 0.2) is 33.2 Å². The molecule has 3 N–H and O–H groups in total. The van der Waals surface area contributed by atoms with Crippen molar-refractivity contribution in [2.75, 3.05) is 45.8 Å². The average Bonchev–Trinajstić information content (AvgIpc) is 2.76. The number of aliphatic imine (C=N–C) groups is 2. The van der Waals surface area contributed by atoms with Gasteiger partial charge in [-0.1, -0.05) is 17.8 Å². The molecule has 0 bridgehead atoms. The summed E-state index contributed by atoms with van der Waals surface area (Å²) < 4.78 is 5.16. The van der Waals surface area contributed by atoms with Gasteiger partial charge in [-0.15, -0.1) is 0 Å². The van der Waals surface area contributed by atoms with E-state index in [2.05, 4.69) is 15.0 Å². The van der Waals surface area contributed by atoms with E-state index >= 15 is 0 Å². The van der Waals surface area contributed by atoms with Crippen molar-refractivity contribution in [3.05, 3.63) is 29.3 Å². The van der Waals surface area contributed by atoms with Gasteiger partial charge in [0, 0.05) is 56.3 Å². The quantitative estimate of drug-likeness (QED) is 0.455. The predicted octanol–water partition coefficient (Wildman–Crippen LogP) is 3.10. The number of hydrogen-bond donors (Lipinski definition) is 2. The lowest BCUT2D eigenvalue weighted by molar-refractivity contribution is -0.127. The fourth-order valence-corrected chi connectivity index (χ4v) is 4.10. The zero-order valence-corrected chi connectivity index (χ0v) is 19.4. The number of amides is 1. The van der Waals surface area contributed by atoms with Gasteiger partial charge >= 0.3 is 0 Å². The number of nitrogens with zero attached hydrogens (tertiary/aromatic N) is 4. The van der Waals surface area contributed by atoms with Crippen molar-refractivity contribution >= 4 is 35.9 Å². The first-order valence-corrected chi connectivity index (χ1v) is 10.9. The first-order chi connectivity index (χ1) is 14.9.